The van der Waals surface area contributed by atoms with Crippen LogP contribution in [-0.4, -0.2) is 22.4 Å². The number of nitrogens with zero attached hydrogens (tertiary/aromatic N) is 2. The Bertz CT molecular complexity index is 954. The minimum Gasteiger partial charge on any atom is -0.398 e. The number of carbonyl (C=O) groups is 1. The second kappa shape index (κ2) is 8.63. The van der Waals surface area contributed by atoms with E-state index in [9.17, 15) is 4.79 Å². The molecule has 27 heavy (non-hydrogen) atoms. The van der Waals surface area contributed by atoms with Crippen LogP contribution < -0.4 is 10.6 Å². The third-order valence-corrected chi connectivity index (χ3v) is 4.93. The lowest BCUT2D eigenvalue weighted by Gasteiger charge is -2.30. The summed E-state index contributed by atoms with van der Waals surface area (Å²) in [6, 6.07) is 11.9. The molecule has 3 N–H and O–H groups in total. The van der Waals surface area contributed by atoms with E-state index in [0.717, 1.165) is 58.7 Å². The molecule has 2 heterocycles. The van der Waals surface area contributed by atoms with Crippen LogP contribution in [0.15, 0.2) is 36.4 Å². The molecule has 3 aromatic rings. The first-order chi connectivity index (χ1) is 12.1. The van der Waals surface area contributed by atoms with Gasteiger partial charge in [-0.15, -0.1) is 24.8 Å². The Balaban J connectivity index is 0.00000131. The van der Waals surface area contributed by atoms with E-state index in [1.165, 1.54) is 0 Å². The first kappa shape index (κ1) is 21.1. The van der Waals surface area contributed by atoms with Gasteiger partial charge in [-0.1, -0.05) is 18.2 Å². The van der Waals surface area contributed by atoms with Crippen molar-refractivity contribution in [2.45, 2.75) is 32.6 Å². The highest BCUT2D eigenvalue weighted by Gasteiger charge is 2.23. The molecule has 0 saturated heterocycles. The quantitative estimate of drug-likeness (QED) is 0.639. The summed E-state index contributed by atoms with van der Waals surface area (Å²) >= 11 is 0. The number of rotatable bonds is 3. The van der Waals surface area contributed by atoms with Crippen LogP contribution >= 0.6 is 24.8 Å². The molecule has 2 aromatic carbocycles. The van der Waals surface area contributed by atoms with Gasteiger partial charge in [-0.2, -0.15) is 0 Å². The lowest BCUT2D eigenvalue weighted by atomic mass is 9.99. The Morgan fingerprint density at radius 3 is 2.78 bits per heavy atom. The van der Waals surface area contributed by atoms with Gasteiger partial charge in [-0.3, -0.25) is 4.79 Å². The highest BCUT2D eigenvalue weighted by atomic mass is 35.5. The molecule has 0 atom stereocenters. The van der Waals surface area contributed by atoms with Crippen molar-refractivity contribution in [3.63, 3.8) is 0 Å². The number of benzene rings is 2. The average molecular weight is 407 g/mol. The van der Waals surface area contributed by atoms with Gasteiger partial charge in [0.25, 0.3) is 0 Å². The van der Waals surface area contributed by atoms with Crippen LogP contribution in [0.1, 0.15) is 29.8 Å². The minimum absolute atomic E-state index is 0. The van der Waals surface area contributed by atoms with Gasteiger partial charge in [0.1, 0.15) is 5.82 Å². The molecular formula is C20H24Cl2N4O. The number of aryl methyl sites for hydroxylation is 2. The molecule has 0 spiro atoms. The molecule has 0 saturated carbocycles. The van der Waals surface area contributed by atoms with E-state index in [1.54, 1.807) is 0 Å². The second-order valence-corrected chi connectivity index (χ2v) is 6.65. The SMILES string of the molecule is Cc1cccc2[nH]c(CCC(=O)N3CCCc4c(N)cccc43)nc12.Cl.Cl. The van der Waals surface area contributed by atoms with Crippen molar-refractivity contribution in [2.75, 3.05) is 17.2 Å². The third-order valence-electron chi connectivity index (χ3n) is 4.93. The summed E-state index contributed by atoms with van der Waals surface area (Å²) in [5, 5.41) is 0. The van der Waals surface area contributed by atoms with Crippen LogP contribution in [0.3, 0.4) is 0 Å². The van der Waals surface area contributed by atoms with Gasteiger partial charge in [0.15, 0.2) is 0 Å². The highest BCUT2D eigenvalue weighted by molar-refractivity contribution is 5.95. The van der Waals surface area contributed by atoms with E-state index in [-0.39, 0.29) is 30.7 Å². The number of anilines is 2. The Morgan fingerprint density at radius 2 is 2.00 bits per heavy atom. The Kier molecular flexibility index (Phi) is 6.73. The molecule has 4 rings (SSSR count). The number of H-pyrrole nitrogens is 1. The van der Waals surface area contributed by atoms with Crippen LogP contribution in [0.5, 0.6) is 0 Å². The van der Waals surface area contributed by atoms with Gasteiger partial charge < -0.3 is 15.6 Å². The number of nitrogen functional groups attached to an aromatic ring is 1. The van der Waals surface area contributed by atoms with Gasteiger partial charge in [0, 0.05) is 30.8 Å². The molecule has 1 aliphatic heterocycles. The van der Waals surface area contributed by atoms with Crippen molar-refractivity contribution in [1.82, 2.24) is 9.97 Å². The minimum atomic E-state index is 0. The van der Waals surface area contributed by atoms with Crippen molar-refractivity contribution in [3.8, 4) is 0 Å². The lowest BCUT2D eigenvalue weighted by Crippen LogP contribution is -2.35. The smallest absolute Gasteiger partial charge is 0.227 e. The van der Waals surface area contributed by atoms with Crippen molar-refractivity contribution < 1.29 is 4.79 Å². The maximum atomic E-state index is 12.8. The zero-order chi connectivity index (χ0) is 17.4. The number of halogens is 2. The summed E-state index contributed by atoms with van der Waals surface area (Å²) in [5.74, 6) is 0.992. The Morgan fingerprint density at radius 1 is 1.22 bits per heavy atom. The van der Waals surface area contributed by atoms with E-state index in [2.05, 4.69) is 9.97 Å². The van der Waals surface area contributed by atoms with Crippen LogP contribution in [0.2, 0.25) is 0 Å². The number of para-hydroxylation sites is 1. The predicted molar refractivity (Wildman–Crippen MR) is 115 cm³/mol. The molecule has 7 heteroatoms. The standard InChI is InChI=1S/C20H22N4O.2ClH/c1-13-5-2-8-16-20(13)23-18(22-16)10-11-19(25)24-12-4-6-14-15(21)7-3-9-17(14)24;;/h2-3,5,7-9H,4,6,10-12,21H2,1H3,(H,22,23);2*1H. The summed E-state index contributed by atoms with van der Waals surface area (Å²) in [6.45, 7) is 2.81. The van der Waals surface area contributed by atoms with Crippen LogP contribution in [0.4, 0.5) is 11.4 Å². The van der Waals surface area contributed by atoms with Gasteiger partial charge >= 0.3 is 0 Å². The summed E-state index contributed by atoms with van der Waals surface area (Å²) in [4.78, 5) is 22.6. The van der Waals surface area contributed by atoms with Gasteiger partial charge in [-0.25, -0.2) is 4.98 Å². The zero-order valence-electron chi connectivity index (χ0n) is 15.2. The van der Waals surface area contributed by atoms with Gasteiger partial charge in [0.2, 0.25) is 5.91 Å². The predicted octanol–water partition coefficient (Wildman–Crippen LogP) is 4.21. The number of carbonyl (C=O) groups excluding carboxylic acids is 1. The fourth-order valence-electron chi connectivity index (χ4n) is 3.62. The Hall–Kier alpha value is -2.24. The molecule has 0 radical (unpaired) electrons. The maximum Gasteiger partial charge on any atom is 0.227 e. The maximum absolute atomic E-state index is 12.8. The normalized spacial score (nSPS) is 12.9. The van der Waals surface area contributed by atoms with E-state index in [1.807, 2.05) is 48.2 Å². The summed E-state index contributed by atoms with van der Waals surface area (Å²) in [7, 11) is 0. The molecule has 0 unspecified atom stereocenters. The molecule has 1 amide bonds. The van der Waals surface area contributed by atoms with Crippen molar-refractivity contribution in [3.05, 3.63) is 53.3 Å². The number of aromatic nitrogens is 2. The molecule has 1 aliphatic rings. The number of aromatic amines is 1. The third kappa shape index (κ3) is 4.04. The molecule has 144 valence electrons. The lowest BCUT2D eigenvalue weighted by molar-refractivity contribution is -0.118. The number of hydrogen-bond acceptors (Lipinski definition) is 3. The number of fused-ring (bicyclic) bond motifs is 2. The molecule has 5 nitrogen and oxygen atoms in total. The number of hydrogen-bond donors (Lipinski definition) is 2. The first-order valence-corrected chi connectivity index (χ1v) is 8.75. The van der Waals surface area contributed by atoms with E-state index in [0.29, 0.717) is 12.8 Å². The van der Waals surface area contributed by atoms with Crippen molar-refractivity contribution >= 4 is 53.1 Å². The molecule has 0 fully saturated rings. The number of nitrogens with two attached hydrogens (primary N) is 1. The van der Waals surface area contributed by atoms with Crippen molar-refractivity contribution in [2.24, 2.45) is 0 Å². The fourth-order valence-corrected chi connectivity index (χ4v) is 3.62. The summed E-state index contributed by atoms with van der Waals surface area (Å²) in [5.41, 5.74) is 12.1. The number of imidazole rings is 1. The second-order valence-electron chi connectivity index (χ2n) is 6.65. The van der Waals surface area contributed by atoms with E-state index in [4.69, 9.17) is 5.73 Å². The molecule has 0 bridgehead atoms. The van der Waals surface area contributed by atoms with Crippen LogP contribution in [0, 0.1) is 6.92 Å². The monoisotopic (exact) mass is 406 g/mol. The average Bonchev–Trinajstić information content (AvgIpc) is 3.04. The van der Waals surface area contributed by atoms with Gasteiger partial charge in [0.05, 0.1) is 11.0 Å². The first-order valence-electron chi connectivity index (χ1n) is 8.75. The number of nitrogens with one attached hydrogen (secondary N) is 1. The van der Waals surface area contributed by atoms with Crippen LogP contribution in [0.25, 0.3) is 11.0 Å². The molecule has 1 aromatic heterocycles. The molecular weight excluding hydrogens is 383 g/mol. The Labute approximate surface area is 171 Å². The van der Waals surface area contributed by atoms with Gasteiger partial charge in [-0.05, 0) is 49.1 Å². The molecule has 0 aliphatic carbocycles. The van der Waals surface area contributed by atoms with E-state index >= 15 is 0 Å². The number of amides is 1. The summed E-state index contributed by atoms with van der Waals surface area (Å²) in [6.07, 6.45) is 2.94. The largest absolute Gasteiger partial charge is 0.398 e. The summed E-state index contributed by atoms with van der Waals surface area (Å²) < 4.78 is 0. The fraction of sp³-hybridized carbons (Fsp3) is 0.300. The zero-order valence-corrected chi connectivity index (χ0v) is 16.8. The topological polar surface area (TPSA) is 75.0 Å². The van der Waals surface area contributed by atoms with E-state index < -0.39 is 0 Å². The van der Waals surface area contributed by atoms with Crippen LogP contribution in [-0.2, 0) is 17.6 Å². The highest BCUT2D eigenvalue weighted by Crippen LogP contribution is 2.31. The van der Waals surface area contributed by atoms with Crippen molar-refractivity contribution in [1.29, 1.82) is 0 Å².